The SMILES string of the molecule is CC(NC(=S)Nc1ccc(N2CCCc3ccccc32)nc1)c1ccccc1. The van der Waals surface area contributed by atoms with Crippen LogP contribution < -0.4 is 15.5 Å². The van der Waals surface area contributed by atoms with Gasteiger partial charge in [-0.2, -0.15) is 0 Å². The van der Waals surface area contributed by atoms with Gasteiger partial charge in [0.1, 0.15) is 5.82 Å². The summed E-state index contributed by atoms with van der Waals surface area (Å²) in [7, 11) is 0. The zero-order valence-corrected chi connectivity index (χ0v) is 16.7. The van der Waals surface area contributed by atoms with Gasteiger partial charge in [0.05, 0.1) is 17.9 Å². The zero-order valence-electron chi connectivity index (χ0n) is 15.9. The molecular formula is C23H24N4S. The molecule has 1 aromatic heterocycles. The van der Waals surface area contributed by atoms with Crippen LogP contribution in [-0.2, 0) is 6.42 Å². The minimum atomic E-state index is 0.137. The van der Waals surface area contributed by atoms with Gasteiger partial charge in [-0.15, -0.1) is 0 Å². The molecule has 0 spiro atoms. The largest absolute Gasteiger partial charge is 0.356 e. The lowest BCUT2D eigenvalue weighted by Crippen LogP contribution is -2.31. The van der Waals surface area contributed by atoms with E-state index >= 15 is 0 Å². The fourth-order valence-corrected chi connectivity index (χ4v) is 3.87. The van der Waals surface area contributed by atoms with E-state index in [0.717, 1.165) is 30.9 Å². The van der Waals surface area contributed by atoms with E-state index < -0.39 is 0 Å². The van der Waals surface area contributed by atoms with Crippen molar-refractivity contribution in [3.8, 4) is 0 Å². The monoisotopic (exact) mass is 388 g/mol. The highest BCUT2D eigenvalue weighted by Crippen LogP contribution is 2.32. The van der Waals surface area contributed by atoms with Gasteiger partial charge in [0.15, 0.2) is 5.11 Å². The third-order valence-electron chi connectivity index (χ3n) is 5.04. The number of benzene rings is 2. The van der Waals surface area contributed by atoms with Crippen LogP contribution >= 0.6 is 12.2 Å². The Bertz CT molecular complexity index is 940. The number of aromatic nitrogens is 1. The lowest BCUT2D eigenvalue weighted by molar-refractivity contribution is 0.722. The molecule has 1 aliphatic heterocycles. The summed E-state index contributed by atoms with van der Waals surface area (Å²) in [6.07, 6.45) is 4.11. The second-order valence-corrected chi connectivity index (χ2v) is 7.43. The van der Waals surface area contributed by atoms with E-state index in [2.05, 4.69) is 63.8 Å². The maximum absolute atomic E-state index is 5.46. The summed E-state index contributed by atoms with van der Waals surface area (Å²) in [5.41, 5.74) is 4.73. The van der Waals surface area contributed by atoms with Crippen molar-refractivity contribution in [1.29, 1.82) is 0 Å². The fourth-order valence-electron chi connectivity index (χ4n) is 3.58. The molecule has 28 heavy (non-hydrogen) atoms. The van der Waals surface area contributed by atoms with Gasteiger partial charge in [0.2, 0.25) is 0 Å². The molecule has 0 saturated heterocycles. The lowest BCUT2D eigenvalue weighted by atomic mass is 10.0. The Hall–Kier alpha value is -2.92. The molecule has 4 rings (SSSR count). The van der Waals surface area contributed by atoms with Crippen molar-refractivity contribution in [2.24, 2.45) is 0 Å². The Labute approximate surface area is 171 Å². The van der Waals surface area contributed by atoms with Crippen LogP contribution in [0.2, 0.25) is 0 Å². The van der Waals surface area contributed by atoms with Crippen LogP contribution in [0, 0.1) is 0 Å². The molecule has 0 saturated carbocycles. The Morgan fingerprint density at radius 1 is 1.04 bits per heavy atom. The molecule has 2 aromatic carbocycles. The van der Waals surface area contributed by atoms with Crippen LogP contribution in [0.4, 0.5) is 17.2 Å². The van der Waals surface area contributed by atoms with E-state index in [1.807, 2.05) is 36.5 Å². The number of hydrogen-bond donors (Lipinski definition) is 2. The number of para-hydroxylation sites is 1. The summed E-state index contributed by atoms with van der Waals surface area (Å²) in [6, 6.07) is 23.0. The van der Waals surface area contributed by atoms with Gasteiger partial charge in [-0.1, -0.05) is 48.5 Å². The van der Waals surface area contributed by atoms with E-state index in [4.69, 9.17) is 12.2 Å². The quantitative estimate of drug-likeness (QED) is 0.600. The van der Waals surface area contributed by atoms with Crippen LogP contribution in [0.3, 0.4) is 0 Å². The normalized spacial score (nSPS) is 14.1. The van der Waals surface area contributed by atoms with E-state index in [0.29, 0.717) is 5.11 Å². The smallest absolute Gasteiger partial charge is 0.171 e. The number of nitrogens with zero attached hydrogens (tertiary/aromatic N) is 2. The van der Waals surface area contributed by atoms with Crippen molar-refractivity contribution in [2.75, 3.05) is 16.8 Å². The third kappa shape index (κ3) is 4.15. The number of aryl methyl sites for hydroxylation is 1. The van der Waals surface area contributed by atoms with Crippen LogP contribution in [0.15, 0.2) is 72.9 Å². The highest BCUT2D eigenvalue weighted by Gasteiger charge is 2.18. The van der Waals surface area contributed by atoms with Gasteiger partial charge in [-0.05, 0) is 61.3 Å². The molecular weight excluding hydrogens is 364 g/mol. The van der Waals surface area contributed by atoms with Gasteiger partial charge in [-0.25, -0.2) is 4.98 Å². The average molecular weight is 389 g/mol. The highest BCUT2D eigenvalue weighted by atomic mass is 32.1. The molecule has 0 aliphatic carbocycles. The van der Waals surface area contributed by atoms with Gasteiger partial charge in [0, 0.05) is 12.2 Å². The van der Waals surface area contributed by atoms with E-state index in [-0.39, 0.29) is 6.04 Å². The van der Waals surface area contributed by atoms with E-state index in [1.165, 1.54) is 16.8 Å². The molecule has 1 unspecified atom stereocenters. The van der Waals surface area contributed by atoms with Crippen LogP contribution in [0.5, 0.6) is 0 Å². The number of fused-ring (bicyclic) bond motifs is 1. The topological polar surface area (TPSA) is 40.2 Å². The standard InChI is InChI=1S/C23H24N4S/c1-17(18-8-3-2-4-9-18)25-23(28)26-20-13-14-22(24-16-20)27-15-7-11-19-10-5-6-12-21(19)27/h2-6,8-10,12-14,16-17H,7,11,15H2,1H3,(H2,25,26,28). The minimum absolute atomic E-state index is 0.137. The van der Waals surface area contributed by atoms with Gasteiger partial charge < -0.3 is 15.5 Å². The summed E-state index contributed by atoms with van der Waals surface area (Å²) >= 11 is 5.46. The van der Waals surface area contributed by atoms with Crippen molar-refractivity contribution >= 4 is 34.5 Å². The number of anilines is 3. The lowest BCUT2D eigenvalue weighted by Gasteiger charge is -2.30. The van der Waals surface area contributed by atoms with E-state index in [9.17, 15) is 0 Å². The predicted molar refractivity (Wildman–Crippen MR) is 120 cm³/mol. The molecule has 0 radical (unpaired) electrons. The first-order chi connectivity index (χ1) is 13.7. The first kappa shape index (κ1) is 18.4. The van der Waals surface area contributed by atoms with Crippen molar-refractivity contribution in [3.63, 3.8) is 0 Å². The molecule has 2 heterocycles. The number of hydrogen-bond acceptors (Lipinski definition) is 3. The molecule has 1 aliphatic rings. The predicted octanol–water partition coefficient (Wildman–Crippen LogP) is 5.21. The summed E-state index contributed by atoms with van der Waals surface area (Å²) in [4.78, 5) is 6.96. The van der Waals surface area contributed by atoms with E-state index in [1.54, 1.807) is 0 Å². The third-order valence-corrected chi connectivity index (χ3v) is 5.26. The molecule has 1 atom stereocenters. The summed E-state index contributed by atoms with van der Waals surface area (Å²) in [5.74, 6) is 0.967. The summed E-state index contributed by atoms with van der Waals surface area (Å²) in [6.45, 7) is 3.09. The molecule has 3 aromatic rings. The molecule has 0 amide bonds. The van der Waals surface area contributed by atoms with Crippen molar-refractivity contribution in [1.82, 2.24) is 10.3 Å². The molecule has 142 valence electrons. The number of thiocarbonyl (C=S) groups is 1. The van der Waals surface area contributed by atoms with Crippen LogP contribution in [-0.4, -0.2) is 16.6 Å². The maximum Gasteiger partial charge on any atom is 0.171 e. The first-order valence-electron chi connectivity index (χ1n) is 9.65. The number of rotatable bonds is 4. The van der Waals surface area contributed by atoms with Gasteiger partial charge >= 0.3 is 0 Å². The fraction of sp³-hybridized carbons (Fsp3) is 0.217. The second-order valence-electron chi connectivity index (χ2n) is 7.02. The second kappa shape index (κ2) is 8.40. The summed E-state index contributed by atoms with van der Waals surface area (Å²) < 4.78 is 0. The maximum atomic E-state index is 5.46. The van der Waals surface area contributed by atoms with Crippen molar-refractivity contribution < 1.29 is 0 Å². The molecule has 2 N–H and O–H groups in total. The van der Waals surface area contributed by atoms with Crippen molar-refractivity contribution in [3.05, 3.63) is 84.1 Å². The Morgan fingerprint density at radius 2 is 1.82 bits per heavy atom. The first-order valence-corrected chi connectivity index (χ1v) is 10.1. The molecule has 5 heteroatoms. The number of pyridine rings is 1. The Morgan fingerprint density at radius 3 is 2.61 bits per heavy atom. The Balaban J connectivity index is 1.41. The highest BCUT2D eigenvalue weighted by molar-refractivity contribution is 7.80. The van der Waals surface area contributed by atoms with Crippen LogP contribution in [0.1, 0.15) is 30.5 Å². The molecule has 0 fully saturated rings. The Kier molecular flexibility index (Phi) is 5.53. The molecule has 4 nitrogen and oxygen atoms in total. The van der Waals surface area contributed by atoms with Crippen LogP contribution in [0.25, 0.3) is 0 Å². The zero-order chi connectivity index (χ0) is 19.3. The minimum Gasteiger partial charge on any atom is -0.356 e. The van der Waals surface area contributed by atoms with Crippen molar-refractivity contribution in [2.45, 2.75) is 25.8 Å². The average Bonchev–Trinajstić information content (AvgIpc) is 2.74. The molecule has 0 bridgehead atoms. The van der Waals surface area contributed by atoms with Gasteiger partial charge in [-0.3, -0.25) is 0 Å². The number of nitrogens with one attached hydrogen (secondary N) is 2. The summed E-state index contributed by atoms with van der Waals surface area (Å²) in [5, 5.41) is 7.14. The van der Waals surface area contributed by atoms with Gasteiger partial charge in [0.25, 0.3) is 0 Å².